The number of carbonyl (C=O) groups excluding carboxylic acids is 1. The van der Waals surface area contributed by atoms with Crippen LogP contribution in [0.4, 0.5) is 21.0 Å². The zero-order chi connectivity index (χ0) is 12.7. The summed E-state index contributed by atoms with van der Waals surface area (Å²) in [4.78, 5) is 18.1. The smallest absolute Gasteiger partial charge is 0.312 e. The fourth-order valence-electron chi connectivity index (χ4n) is 1.10. The van der Waals surface area contributed by atoms with Crippen molar-refractivity contribution in [2.75, 3.05) is 30.3 Å². The molecule has 0 aliphatic heterocycles. The molecule has 1 aromatic rings. The number of halogens is 1. The Labute approximate surface area is 98.0 Å². The van der Waals surface area contributed by atoms with Crippen molar-refractivity contribution >= 4 is 17.8 Å². The van der Waals surface area contributed by atoms with Crippen molar-refractivity contribution in [1.82, 2.24) is 15.3 Å². The van der Waals surface area contributed by atoms with Gasteiger partial charge < -0.3 is 21.7 Å². The Morgan fingerprint density at radius 1 is 1.47 bits per heavy atom. The molecule has 0 saturated carbocycles. The Morgan fingerprint density at radius 3 is 2.88 bits per heavy atom. The lowest BCUT2D eigenvalue weighted by atomic mass is 10.5. The minimum absolute atomic E-state index is 0.0854. The van der Waals surface area contributed by atoms with Crippen molar-refractivity contribution in [1.29, 1.82) is 0 Å². The van der Waals surface area contributed by atoms with Gasteiger partial charge in [-0.25, -0.2) is 14.2 Å². The average molecular weight is 242 g/mol. The third kappa shape index (κ3) is 4.49. The van der Waals surface area contributed by atoms with Crippen LogP contribution in [0.1, 0.15) is 6.92 Å². The first-order chi connectivity index (χ1) is 8.13. The molecule has 94 valence electrons. The fourth-order valence-corrected chi connectivity index (χ4v) is 1.10. The van der Waals surface area contributed by atoms with Gasteiger partial charge in [-0.05, 0) is 6.92 Å². The number of nitrogens with zero attached hydrogens (tertiary/aromatic N) is 2. The zero-order valence-electron chi connectivity index (χ0n) is 9.46. The summed E-state index contributed by atoms with van der Waals surface area (Å²) in [5.74, 6) is -0.118. The number of urea groups is 1. The molecule has 0 bridgehead atoms. The molecule has 8 heteroatoms. The second-order valence-corrected chi connectivity index (χ2v) is 3.14. The van der Waals surface area contributed by atoms with Crippen LogP contribution in [-0.4, -0.2) is 35.6 Å². The summed E-state index contributed by atoms with van der Waals surface area (Å²) in [6.45, 7) is 3.14. The maximum Gasteiger partial charge on any atom is 0.312 e. The molecule has 1 rings (SSSR count). The van der Waals surface area contributed by atoms with E-state index in [9.17, 15) is 9.18 Å². The first kappa shape index (κ1) is 12.9. The number of hydrogen-bond acceptors (Lipinski definition) is 5. The molecule has 0 aliphatic rings. The number of amides is 2. The lowest BCUT2D eigenvalue weighted by Crippen LogP contribution is -2.33. The quantitative estimate of drug-likeness (QED) is 0.531. The highest BCUT2D eigenvalue weighted by atomic mass is 19.1. The van der Waals surface area contributed by atoms with Crippen LogP contribution in [0.25, 0.3) is 0 Å². The lowest BCUT2D eigenvalue weighted by molar-refractivity contribution is 0.249. The second-order valence-electron chi connectivity index (χ2n) is 3.14. The topological polar surface area (TPSA) is 105 Å². The number of nitrogens with one attached hydrogen (secondary N) is 3. The first-order valence-electron chi connectivity index (χ1n) is 5.17. The normalized spacial score (nSPS) is 9.76. The van der Waals surface area contributed by atoms with Crippen molar-refractivity contribution < 1.29 is 9.18 Å². The maximum atomic E-state index is 13.3. The number of anilines is 2. The van der Waals surface area contributed by atoms with Crippen LogP contribution in [0.3, 0.4) is 0 Å². The van der Waals surface area contributed by atoms with Crippen molar-refractivity contribution in [3.8, 4) is 0 Å². The molecule has 2 amide bonds. The van der Waals surface area contributed by atoms with Crippen LogP contribution < -0.4 is 21.7 Å². The Morgan fingerprint density at radius 2 is 2.24 bits per heavy atom. The van der Waals surface area contributed by atoms with Gasteiger partial charge in [-0.15, -0.1) is 0 Å². The van der Waals surface area contributed by atoms with E-state index >= 15 is 0 Å². The first-order valence-corrected chi connectivity index (χ1v) is 5.17. The minimum atomic E-state index is -0.622. The Balaban J connectivity index is 2.51. The fraction of sp³-hybridized carbons (Fsp3) is 0.444. The molecule has 0 aromatic carbocycles. The zero-order valence-corrected chi connectivity index (χ0v) is 9.46. The molecule has 0 spiro atoms. The molecule has 0 unspecified atom stereocenters. The third-order valence-electron chi connectivity index (χ3n) is 1.80. The van der Waals surface area contributed by atoms with Gasteiger partial charge in [0.25, 0.3) is 0 Å². The van der Waals surface area contributed by atoms with Crippen molar-refractivity contribution in [2.45, 2.75) is 6.92 Å². The molecule has 0 aliphatic carbocycles. The SMILES string of the molecule is CCNc1ncc(F)c(NCCNC(N)=O)n1. The maximum absolute atomic E-state index is 13.3. The number of carbonyl (C=O) groups is 1. The van der Waals surface area contributed by atoms with Gasteiger partial charge in [-0.3, -0.25) is 0 Å². The molecule has 0 atom stereocenters. The second kappa shape index (κ2) is 6.46. The van der Waals surface area contributed by atoms with E-state index in [1.165, 1.54) is 0 Å². The summed E-state index contributed by atoms with van der Waals surface area (Å²) in [7, 11) is 0. The van der Waals surface area contributed by atoms with Crippen LogP contribution in [0, 0.1) is 5.82 Å². The average Bonchev–Trinajstić information content (AvgIpc) is 2.28. The molecule has 0 fully saturated rings. The molecule has 1 aromatic heterocycles. The van der Waals surface area contributed by atoms with Crippen LogP contribution in [0.2, 0.25) is 0 Å². The largest absolute Gasteiger partial charge is 0.366 e. The van der Waals surface area contributed by atoms with E-state index in [2.05, 4.69) is 25.9 Å². The summed E-state index contributed by atoms with van der Waals surface area (Å²) in [6, 6.07) is -0.622. The van der Waals surface area contributed by atoms with Gasteiger partial charge in [-0.1, -0.05) is 0 Å². The molecule has 17 heavy (non-hydrogen) atoms. The number of hydrogen-bond donors (Lipinski definition) is 4. The van der Waals surface area contributed by atoms with E-state index in [1.54, 1.807) is 0 Å². The molecule has 7 nitrogen and oxygen atoms in total. The molecule has 1 heterocycles. The number of nitrogens with two attached hydrogens (primary N) is 1. The highest BCUT2D eigenvalue weighted by Gasteiger charge is 2.05. The molecular weight excluding hydrogens is 227 g/mol. The standard InChI is InChI=1S/C9H15FN6O/c1-2-12-9-15-5-6(10)7(16-9)13-3-4-14-8(11)17/h5H,2-4H2,1H3,(H3,11,14,17)(H2,12,13,15,16). The summed E-state index contributed by atoms with van der Waals surface area (Å²) >= 11 is 0. The van der Waals surface area contributed by atoms with Gasteiger partial charge in [0.2, 0.25) is 5.95 Å². The highest BCUT2D eigenvalue weighted by Crippen LogP contribution is 2.10. The van der Waals surface area contributed by atoms with E-state index in [4.69, 9.17) is 5.73 Å². The van der Waals surface area contributed by atoms with Crippen molar-refractivity contribution in [3.05, 3.63) is 12.0 Å². The predicted molar refractivity (Wildman–Crippen MR) is 62.2 cm³/mol. The van der Waals surface area contributed by atoms with Crippen molar-refractivity contribution in [3.63, 3.8) is 0 Å². The van der Waals surface area contributed by atoms with E-state index < -0.39 is 11.8 Å². The number of aromatic nitrogens is 2. The van der Waals surface area contributed by atoms with Gasteiger partial charge in [0.15, 0.2) is 11.6 Å². The lowest BCUT2D eigenvalue weighted by Gasteiger charge is -2.08. The van der Waals surface area contributed by atoms with Gasteiger partial charge in [0.1, 0.15) is 0 Å². The monoisotopic (exact) mass is 242 g/mol. The summed E-state index contributed by atoms with van der Waals surface area (Å²) in [5, 5.41) is 7.97. The van der Waals surface area contributed by atoms with Gasteiger partial charge in [0, 0.05) is 19.6 Å². The van der Waals surface area contributed by atoms with Crippen LogP contribution >= 0.6 is 0 Å². The number of primary amides is 1. The minimum Gasteiger partial charge on any atom is -0.366 e. The Hall–Kier alpha value is -2.12. The summed E-state index contributed by atoms with van der Waals surface area (Å²) < 4.78 is 13.3. The summed E-state index contributed by atoms with van der Waals surface area (Å²) in [6.07, 6.45) is 1.08. The predicted octanol–water partition coefficient (Wildman–Crippen LogP) is 0.128. The van der Waals surface area contributed by atoms with Crippen molar-refractivity contribution in [2.24, 2.45) is 5.73 Å². The van der Waals surface area contributed by atoms with E-state index in [0.717, 1.165) is 6.20 Å². The molecule has 5 N–H and O–H groups in total. The molecule has 0 radical (unpaired) electrons. The van der Waals surface area contributed by atoms with Crippen LogP contribution in [0.15, 0.2) is 6.20 Å². The molecule has 0 saturated heterocycles. The van der Waals surface area contributed by atoms with E-state index in [-0.39, 0.29) is 12.4 Å². The Kier molecular flexibility index (Phi) is 4.92. The van der Waals surface area contributed by atoms with E-state index in [1.807, 2.05) is 6.92 Å². The van der Waals surface area contributed by atoms with Gasteiger partial charge >= 0.3 is 6.03 Å². The van der Waals surface area contributed by atoms with Gasteiger partial charge in [0.05, 0.1) is 6.20 Å². The Bertz CT molecular complexity index is 386. The molecular formula is C9H15FN6O. The van der Waals surface area contributed by atoms with Crippen LogP contribution in [-0.2, 0) is 0 Å². The highest BCUT2D eigenvalue weighted by molar-refractivity contribution is 5.71. The van der Waals surface area contributed by atoms with Crippen LogP contribution in [0.5, 0.6) is 0 Å². The van der Waals surface area contributed by atoms with E-state index in [0.29, 0.717) is 19.0 Å². The summed E-state index contributed by atoms with van der Waals surface area (Å²) in [5.41, 5.74) is 4.88. The number of rotatable bonds is 6. The van der Waals surface area contributed by atoms with Gasteiger partial charge in [-0.2, -0.15) is 4.98 Å². The third-order valence-corrected chi connectivity index (χ3v) is 1.80.